The van der Waals surface area contributed by atoms with Crippen molar-refractivity contribution in [2.24, 2.45) is 23.2 Å². The second-order valence-corrected chi connectivity index (χ2v) is 9.21. The monoisotopic (exact) mass is 425 g/mol. The molecule has 31 heavy (non-hydrogen) atoms. The molecule has 3 aliphatic rings. The molecule has 0 aliphatic heterocycles. The molecule has 0 aromatic heterocycles. The van der Waals surface area contributed by atoms with Crippen LogP contribution < -0.4 is 5.32 Å². The van der Waals surface area contributed by atoms with Gasteiger partial charge in [0.25, 0.3) is 0 Å². The van der Waals surface area contributed by atoms with E-state index in [2.05, 4.69) is 38.4 Å². The van der Waals surface area contributed by atoms with Crippen molar-refractivity contribution in [2.75, 3.05) is 0 Å². The predicted molar refractivity (Wildman–Crippen MR) is 136 cm³/mol. The average molecular weight is 426 g/mol. The van der Waals surface area contributed by atoms with Crippen molar-refractivity contribution in [3.8, 4) is 0 Å². The van der Waals surface area contributed by atoms with Crippen LogP contribution >= 0.6 is 0 Å². The van der Waals surface area contributed by atoms with Gasteiger partial charge in [0.2, 0.25) is 6.41 Å². The van der Waals surface area contributed by atoms with Gasteiger partial charge in [0.05, 0.1) is 0 Å². The van der Waals surface area contributed by atoms with E-state index in [4.69, 9.17) is 0 Å². The molecule has 0 heterocycles. The third-order valence-corrected chi connectivity index (χ3v) is 7.27. The van der Waals surface area contributed by atoms with Crippen LogP contribution in [0.3, 0.4) is 0 Å². The van der Waals surface area contributed by atoms with Gasteiger partial charge in [-0.3, -0.25) is 4.79 Å². The number of amides is 1. The lowest BCUT2D eigenvalue weighted by Crippen LogP contribution is -2.38. The Balaban J connectivity index is 0.000000295. The molecule has 174 valence electrons. The minimum Gasteiger partial charge on any atom is -0.355 e. The van der Waals surface area contributed by atoms with Gasteiger partial charge in [-0.25, -0.2) is 0 Å². The number of carbonyl (C=O) groups is 1. The van der Waals surface area contributed by atoms with E-state index in [1.54, 1.807) is 0 Å². The topological polar surface area (TPSA) is 29.1 Å². The van der Waals surface area contributed by atoms with Crippen molar-refractivity contribution in [2.45, 2.75) is 92.0 Å². The summed E-state index contributed by atoms with van der Waals surface area (Å²) in [7, 11) is 0. The summed E-state index contributed by atoms with van der Waals surface area (Å²) >= 11 is 0. The Labute approximate surface area is 192 Å². The predicted octanol–water partition coefficient (Wildman–Crippen LogP) is 8.10. The Kier molecular flexibility index (Phi) is 13.2. The van der Waals surface area contributed by atoms with Crippen LogP contribution in [0.25, 0.3) is 0 Å². The summed E-state index contributed by atoms with van der Waals surface area (Å²) in [5.41, 5.74) is 3.61. The van der Waals surface area contributed by atoms with Crippen molar-refractivity contribution in [1.29, 1.82) is 0 Å². The lowest BCUT2D eigenvalue weighted by Gasteiger charge is -2.49. The fraction of sp³-hybridized carbons (Fsp3) is 0.621. The molecule has 3 unspecified atom stereocenters. The number of benzene rings is 1. The molecule has 3 aliphatic carbocycles. The Morgan fingerprint density at radius 3 is 2.45 bits per heavy atom. The van der Waals surface area contributed by atoms with Crippen LogP contribution in [-0.4, -0.2) is 6.41 Å². The molecule has 4 atom stereocenters. The molecule has 1 N–H and O–H groups in total. The van der Waals surface area contributed by atoms with E-state index in [-0.39, 0.29) is 0 Å². The molecule has 0 radical (unpaired) electrons. The first kappa shape index (κ1) is 27.2. The maximum atomic E-state index is 9.87. The van der Waals surface area contributed by atoms with E-state index in [0.29, 0.717) is 18.4 Å². The quantitative estimate of drug-likeness (QED) is 0.384. The van der Waals surface area contributed by atoms with Crippen LogP contribution in [0.15, 0.2) is 55.1 Å². The zero-order chi connectivity index (χ0) is 23.1. The van der Waals surface area contributed by atoms with E-state index in [0.717, 1.165) is 23.3 Å². The van der Waals surface area contributed by atoms with Gasteiger partial charge in [0, 0.05) is 6.54 Å². The smallest absolute Gasteiger partial charge is 0.207 e. The van der Waals surface area contributed by atoms with Crippen LogP contribution in [0.4, 0.5) is 0 Å². The molecule has 0 spiro atoms. The van der Waals surface area contributed by atoms with Gasteiger partial charge in [0.15, 0.2) is 0 Å². The van der Waals surface area contributed by atoms with Crippen LogP contribution in [0, 0.1) is 23.2 Å². The Hall–Kier alpha value is -1.83. The number of nitrogens with one attached hydrogen (secondary N) is 1. The number of hydrogen-bond donors (Lipinski definition) is 1. The lowest BCUT2D eigenvalue weighted by molar-refractivity contribution is -0.109. The number of hydrogen-bond acceptors (Lipinski definition) is 1. The van der Waals surface area contributed by atoms with E-state index in [1.807, 2.05) is 49.8 Å². The first-order valence-electron chi connectivity index (χ1n) is 12.5. The highest BCUT2D eigenvalue weighted by atomic mass is 16.1. The minimum absolute atomic E-state index is 0.597. The fourth-order valence-electron chi connectivity index (χ4n) is 5.76. The summed E-state index contributed by atoms with van der Waals surface area (Å²) < 4.78 is 0. The summed E-state index contributed by atoms with van der Waals surface area (Å²) in [5.74, 6) is 2.91. The Morgan fingerprint density at radius 1 is 1.06 bits per heavy atom. The Morgan fingerprint density at radius 2 is 1.77 bits per heavy atom. The van der Waals surface area contributed by atoms with Crippen molar-refractivity contribution in [3.05, 3.63) is 60.7 Å². The molecule has 2 heteroatoms. The third kappa shape index (κ3) is 7.98. The van der Waals surface area contributed by atoms with Crippen molar-refractivity contribution < 1.29 is 4.79 Å². The highest BCUT2D eigenvalue weighted by Crippen LogP contribution is 2.56. The SMILES string of the molecule is C=C.CC.CC1CC=C2C(CCC3CCCCC[C@@]23C)C1.O=CNCc1ccccc1. The molecule has 2 nitrogen and oxygen atoms in total. The molecular formula is C29H47NO. The summed E-state index contributed by atoms with van der Waals surface area (Å²) in [5, 5.41) is 2.58. The van der Waals surface area contributed by atoms with Gasteiger partial charge < -0.3 is 5.32 Å². The molecular weight excluding hydrogens is 378 g/mol. The molecule has 4 rings (SSSR count). The number of carbonyl (C=O) groups excluding carboxylic acids is 1. The standard InChI is InChI=1S/C17H28.C8H9NO.C2H6.C2H4/c1-13-7-10-16-14(12-13)8-9-15-6-4-3-5-11-17(15,16)2;10-7-9-6-8-4-2-1-3-5-8;2*1-2/h10,13-15H,3-9,11-12H2,1-2H3;1-5,7H,6H2,(H,9,10);1-2H3;1-2H2/t13?,14?,15?,17-;;;/m1.../s1. The maximum absolute atomic E-state index is 9.87. The normalized spacial score (nSPS) is 28.6. The van der Waals surface area contributed by atoms with Crippen LogP contribution in [0.5, 0.6) is 0 Å². The average Bonchev–Trinajstić information content (AvgIpc) is 3.02. The molecule has 0 bridgehead atoms. The first-order valence-corrected chi connectivity index (χ1v) is 12.5. The molecule has 1 aromatic carbocycles. The summed E-state index contributed by atoms with van der Waals surface area (Å²) in [6, 6.07) is 9.78. The van der Waals surface area contributed by atoms with Crippen LogP contribution in [0.1, 0.15) is 91.0 Å². The molecule has 2 fully saturated rings. The zero-order valence-electron chi connectivity index (χ0n) is 20.7. The second-order valence-electron chi connectivity index (χ2n) is 9.21. The molecule has 0 saturated heterocycles. The van der Waals surface area contributed by atoms with E-state index >= 15 is 0 Å². The highest BCUT2D eigenvalue weighted by Gasteiger charge is 2.45. The number of fused-ring (bicyclic) bond motifs is 3. The molecule has 1 aromatic rings. The number of rotatable bonds is 3. The van der Waals surface area contributed by atoms with Crippen LogP contribution in [-0.2, 0) is 11.3 Å². The van der Waals surface area contributed by atoms with Crippen molar-refractivity contribution >= 4 is 6.41 Å². The fourth-order valence-corrected chi connectivity index (χ4v) is 5.76. The third-order valence-electron chi connectivity index (χ3n) is 7.27. The summed E-state index contributed by atoms with van der Waals surface area (Å²) in [4.78, 5) is 9.87. The molecule has 1 amide bonds. The van der Waals surface area contributed by atoms with E-state index in [1.165, 1.54) is 57.8 Å². The van der Waals surface area contributed by atoms with Gasteiger partial charge in [-0.1, -0.05) is 88.9 Å². The molecule has 2 saturated carbocycles. The lowest BCUT2D eigenvalue weighted by atomic mass is 9.56. The minimum atomic E-state index is 0.597. The Bertz CT molecular complexity index is 637. The van der Waals surface area contributed by atoms with E-state index in [9.17, 15) is 4.79 Å². The van der Waals surface area contributed by atoms with Gasteiger partial charge >= 0.3 is 0 Å². The van der Waals surface area contributed by atoms with E-state index < -0.39 is 0 Å². The first-order chi connectivity index (χ1) is 15.1. The summed E-state index contributed by atoms with van der Waals surface area (Å²) in [6.07, 6.45) is 16.7. The van der Waals surface area contributed by atoms with Crippen molar-refractivity contribution in [1.82, 2.24) is 5.32 Å². The van der Waals surface area contributed by atoms with Gasteiger partial charge in [-0.2, -0.15) is 0 Å². The largest absolute Gasteiger partial charge is 0.355 e. The number of allylic oxidation sites excluding steroid dienone is 2. The summed E-state index contributed by atoms with van der Waals surface area (Å²) in [6.45, 7) is 15.7. The van der Waals surface area contributed by atoms with Crippen molar-refractivity contribution in [3.63, 3.8) is 0 Å². The van der Waals surface area contributed by atoms with Gasteiger partial charge in [-0.15, -0.1) is 13.2 Å². The van der Waals surface area contributed by atoms with Gasteiger partial charge in [-0.05, 0) is 67.3 Å². The second kappa shape index (κ2) is 15.1. The maximum Gasteiger partial charge on any atom is 0.207 e. The zero-order valence-corrected chi connectivity index (χ0v) is 20.7. The van der Waals surface area contributed by atoms with Crippen LogP contribution in [0.2, 0.25) is 0 Å². The van der Waals surface area contributed by atoms with Gasteiger partial charge in [0.1, 0.15) is 0 Å². The highest BCUT2D eigenvalue weighted by molar-refractivity contribution is 5.46.